The van der Waals surface area contributed by atoms with Crippen molar-refractivity contribution in [2.24, 2.45) is 0 Å². The van der Waals surface area contributed by atoms with Crippen molar-refractivity contribution in [3.63, 3.8) is 0 Å². The van der Waals surface area contributed by atoms with Crippen LogP contribution in [0.5, 0.6) is 0 Å². The molecule has 1 aliphatic rings. The van der Waals surface area contributed by atoms with Crippen molar-refractivity contribution in [2.45, 2.75) is 65.2 Å². The highest BCUT2D eigenvalue weighted by molar-refractivity contribution is 6.63. The molecule has 1 aromatic rings. The molecule has 0 aliphatic carbocycles. The molecule has 1 aromatic carbocycles. The van der Waals surface area contributed by atoms with Crippen LogP contribution in [0, 0.1) is 0 Å². The van der Waals surface area contributed by atoms with Crippen molar-refractivity contribution in [1.82, 2.24) is 5.32 Å². The van der Waals surface area contributed by atoms with E-state index in [0.717, 1.165) is 11.9 Å². The highest BCUT2D eigenvalue weighted by atomic mass is 16.7. The first kappa shape index (κ1) is 17.0. The molecule has 0 spiro atoms. The van der Waals surface area contributed by atoms with Gasteiger partial charge >= 0.3 is 7.12 Å². The fraction of sp³-hybridized carbons (Fsp3) is 0.588. The summed E-state index contributed by atoms with van der Waals surface area (Å²) in [4.78, 5) is 12.5. The third kappa shape index (κ3) is 3.20. The van der Waals surface area contributed by atoms with Crippen molar-refractivity contribution >= 4 is 18.5 Å². The first-order valence-corrected chi connectivity index (χ1v) is 7.93. The maximum atomic E-state index is 12.5. The lowest BCUT2D eigenvalue weighted by Crippen LogP contribution is -2.42. The first-order valence-electron chi connectivity index (χ1n) is 7.93. The number of amides is 1. The van der Waals surface area contributed by atoms with E-state index in [1.807, 2.05) is 65.8 Å². The summed E-state index contributed by atoms with van der Waals surface area (Å²) in [5, 5.41) is 3.00. The Morgan fingerprint density at radius 3 is 2.27 bits per heavy atom. The number of rotatable bonds is 4. The molecule has 1 amide bonds. The first-order chi connectivity index (χ1) is 10.2. The highest BCUT2D eigenvalue weighted by Gasteiger charge is 2.52. The van der Waals surface area contributed by atoms with Gasteiger partial charge in [0.1, 0.15) is 0 Å². The molecule has 2 rings (SSSR count). The Kier molecular flexibility index (Phi) is 4.69. The van der Waals surface area contributed by atoms with Gasteiger partial charge in [-0.3, -0.25) is 4.79 Å². The summed E-state index contributed by atoms with van der Waals surface area (Å²) in [6, 6.07) is 7.62. The van der Waals surface area contributed by atoms with E-state index >= 15 is 0 Å². The molecule has 22 heavy (non-hydrogen) atoms. The lowest BCUT2D eigenvalue weighted by Gasteiger charge is -2.32. The Morgan fingerprint density at radius 1 is 1.18 bits per heavy atom. The minimum absolute atomic E-state index is 0.0836. The van der Waals surface area contributed by atoms with Crippen LogP contribution in [0.2, 0.25) is 0 Å². The molecule has 1 saturated heterocycles. The van der Waals surface area contributed by atoms with Crippen LogP contribution in [-0.4, -0.2) is 30.3 Å². The number of hydrogen-bond donors (Lipinski definition) is 1. The largest absolute Gasteiger partial charge is 0.495 e. The Balaban J connectivity index is 2.29. The van der Waals surface area contributed by atoms with Gasteiger partial charge in [0.2, 0.25) is 0 Å². The molecule has 1 heterocycles. The summed E-state index contributed by atoms with van der Waals surface area (Å²) in [6.45, 7) is 12.1. The fourth-order valence-electron chi connectivity index (χ4n) is 2.28. The number of benzene rings is 1. The van der Waals surface area contributed by atoms with Gasteiger partial charge in [-0.25, -0.2) is 0 Å². The molecule has 120 valence electrons. The minimum atomic E-state index is -0.524. The molecule has 0 saturated carbocycles. The van der Waals surface area contributed by atoms with Gasteiger partial charge in [0.05, 0.1) is 11.2 Å². The van der Waals surface area contributed by atoms with Crippen molar-refractivity contribution in [1.29, 1.82) is 0 Å². The van der Waals surface area contributed by atoms with Crippen LogP contribution in [0.15, 0.2) is 24.3 Å². The van der Waals surface area contributed by atoms with E-state index in [1.165, 1.54) is 0 Å². The number of carbonyl (C=O) groups is 1. The number of nitrogens with one attached hydrogen (secondary N) is 1. The van der Waals surface area contributed by atoms with E-state index < -0.39 is 18.3 Å². The van der Waals surface area contributed by atoms with Gasteiger partial charge < -0.3 is 14.6 Å². The van der Waals surface area contributed by atoms with Crippen molar-refractivity contribution in [3.8, 4) is 0 Å². The molecule has 4 nitrogen and oxygen atoms in total. The summed E-state index contributed by atoms with van der Waals surface area (Å²) in [7, 11) is -0.524. The molecule has 1 fully saturated rings. The quantitative estimate of drug-likeness (QED) is 0.870. The third-order valence-electron chi connectivity index (χ3n) is 4.70. The normalized spacial score (nSPS) is 20.7. The van der Waals surface area contributed by atoms with E-state index in [2.05, 4.69) is 5.32 Å². The summed E-state index contributed by atoms with van der Waals surface area (Å²) >= 11 is 0. The van der Waals surface area contributed by atoms with E-state index in [9.17, 15) is 4.79 Å². The van der Waals surface area contributed by atoms with Gasteiger partial charge in [-0.05, 0) is 52.6 Å². The van der Waals surface area contributed by atoms with Gasteiger partial charge in [-0.1, -0.05) is 25.1 Å². The van der Waals surface area contributed by atoms with Crippen LogP contribution in [0.1, 0.15) is 58.3 Å². The van der Waals surface area contributed by atoms with Crippen LogP contribution in [-0.2, 0) is 9.31 Å². The van der Waals surface area contributed by atoms with Gasteiger partial charge in [-0.2, -0.15) is 0 Å². The molecule has 5 heteroatoms. The van der Waals surface area contributed by atoms with Crippen LogP contribution < -0.4 is 10.8 Å². The summed E-state index contributed by atoms with van der Waals surface area (Å²) in [6.07, 6.45) is 0.893. The Labute approximate surface area is 133 Å². The molecule has 1 N–H and O–H groups in total. The minimum Gasteiger partial charge on any atom is -0.399 e. The Hall–Kier alpha value is -1.33. The predicted octanol–water partition coefficient (Wildman–Crippen LogP) is 2.51. The van der Waals surface area contributed by atoms with Gasteiger partial charge in [0.15, 0.2) is 0 Å². The zero-order chi connectivity index (χ0) is 16.5. The Bertz CT molecular complexity index is 541. The van der Waals surface area contributed by atoms with Crippen molar-refractivity contribution < 1.29 is 14.1 Å². The maximum absolute atomic E-state index is 12.5. The maximum Gasteiger partial charge on any atom is 0.495 e. The highest BCUT2D eigenvalue weighted by Crippen LogP contribution is 2.36. The molecule has 0 unspecified atom stereocenters. The topological polar surface area (TPSA) is 47.6 Å². The smallest absolute Gasteiger partial charge is 0.399 e. The van der Waals surface area contributed by atoms with E-state index in [0.29, 0.717) is 5.56 Å². The lowest BCUT2D eigenvalue weighted by molar-refractivity contribution is 0.00578. The lowest BCUT2D eigenvalue weighted by atomic mass is 9.75. The SMILES string of the molecule is CC[C@@H](C)NC(=O)c1ccccc1B1OC(C)(C)C(C)(C)O1. The zero-order valence-electron chi connectivity index (χ0n) is 14.4. The molecular weight excluding hydrogens is 277 g/mol. The summed E-state index contributed by atoms with van der Waals surface area (Å²) in [5.74, 6) is -0.0836. The summed E-state index contributed by atoms with van der Waals surface area (Å²) < 4.78 is 12.1. The van der Waals surface area contributed by atoms with Crippen LogP contribution in [0.25, 0.3) is 0 Å². The second-order valence-corrected chi connectivity index (χ2v) is 6.96. The second-order valence-electron chi connectivity index (χ2n) is 6.96. The van der Waals surface area contributed by atoms with Crippen LogP contribution >= 0.6 is 0 Å². The van der Waals surface area contributed by atoms with Crippen molar-refractivity contribution in [3.05, 3.63) is 29.8 Å². The standard InChI is InChI=1S/C17H26BNO3/c1-7-12(2)19-15(20)13-10-8-9-11-14(13)18-21-16(3,4)17(5,6)22-18/h8-12H,7H2,1-6H3,(H,19,20)/t12-/m1/s1. The van der Waals surface area contributed by atoms with Crippen LogP contribution in [0.4, 0.5) is 0 Å². The van der Waals surface area contributed by atoms with E-state index in [4.69, 9.17) is 9.31 Å². The average Bonchev–Trinajstić information content (AvgIpc) is 2.67. The van der Waals surface area contributed by atoms with Crippen molar-refractivity contribution in [2.75, 3.05) is 0 Å². The number of hydrogen-bond acceptors (Lipinski definition) is 3. The predicted molar refractivity (Wildman–Crippen MR) is 89.4 cm³/mol. The van der Waals surface area contributed by atoms with Gasteiger partial charge in [0.25, 0.3) is 5.91 Å². The molecular formula is C17H26BNO3. The summed E-state index contributed by atoms with van der Waals surface area (Å²) in [5.41, 5.74) is 0.555. The van der Waals surface area contributed by atoms with E-state index in [-0.39, 0.29) is 11.9 Å². The average molecular weight is 303 g/mol. The molecule has 1 atom stereocenters. The van der Waals surface area contributed by atoms with Gasteiger partial charge in [-0.15, -0.1) is 0 Å². The van der Waals surface area contributed by atoms with Gasteiger partial charge in [0, 0.05) is 11.6 Å². The van der Waals surface area contributed by atoms with E-state index in [1.54, 1.807) is 0 Å². The number of carbonyl (C=O) groups excluding carboxylic acids is 1. The third-order valence-corrected chi connectivity index (χ3v) is 4.70. The second kappa shape index (κ2) is 6.05. The Morgan fingerprint density at radius 2 is 1.73 bits per heavy atom. The molecule has 1 aliphatic heterocycles. The zero-order valence-corrected chi connectivity index (χ0v) is 14.4. The van der Waals surface area contributed by atoms with Crippen LogP contribution in [0.3, 0.4) is 0 Å². The molecule has 0 radical (unpaired) electrons. The fourth-order valence-corrected chi connectivity index (χ4v) is 2.28. The molecule has 0 bridgehead atoms. The molecule has 0 aromatic heterocycles. The monoisotopic (exact) mass is 303 g/mol.